The Morgan fingerprint density at radius 2 is 1.79 bits per heavy atom. The van der Waals surface area contributed by atoms with Gasteiger partial charge in [-0.15, -0.1) is 0 Å². The van der Waals surface area contributed by atoms with Crippen LogP contribution in [0.25, 0.3) is 0 Å². The van der Waals surface area contributed by atoms with Gasteiger partial charge >= 0.3 is 6.03 Å². The number of nitrogens with one attached hydrogen (secondary N) is 2. The third-order valence-corrected chi connectivity index (χ3v) is 5.92. The lowest BCUT2D eigenvalue weighted by molar-refractivity contribution is -0.0720. The molecule has 3 rings (SSSR count). The van der Waals surface area contributed by atoms with Gasteiger partial charge < -0.3 is 15.0 Å². The molecule has 2 heterocycles. The van der Waals surface area contributed by atoms with Crippen LogP contribution in [0.15, 0.2) is 12.1 Å². The molecule has 1 saturated heterocycles. The number of hydrogen-bond donors (Lipinski definition) is 2. The largest absolute Gasteiger partial charge is 0.372 e. The molecular formula is C21H28N4O3S. The van der Waals surface area contributed by atoms with Crippen LogP contribution in [0, 0.1) is 27.7 Å². The molecule has 1 aromatic heterocycles. The van der Waals surface area contributed by atoms with E-state index in [1.165, 1.54) is 11.3 Å². The fourth-order valence-electron chi connectivity index (χ4n) is 3.57. The van der Waals surface area contributed by atoms with E-state index in [-0.39, 0.29) is 17.5 Å². The zero-order chi connectivity index (χ0) is 21.3. The number of amides is 3. The number of aromatic nitrogens is 1. The van der Waals surface area contributed by atoms with Crippen molar-refractivity contribution in [2.24, 2.45) is 0 Å². The van der Waals surface area contributed by atoms with Crippen LogP contribution in [0.5, 0.6) is 0 Å². The summed E-state index contributed by atoms with van der Waals surface area (Å²) in [7, 11) is 0. The van der Waals surface area contributed by atoms with Crippen LogP contribution in [0.3, 0.4) is 0 Å². The van der Waals surface area contributed by atoms with Gasteiger partial charge in [-0.1, -0.05) is 29.0 Å². The number of benzene rings is 1. The van der Waals surface area contributed by atoms with Gasteiger partial charge in [-0.05, 0) is 52.7 Å². The molecule has 156 valence electrons. The molecule has 2 N–H and O–H groups in total. The van der Waals surface area contributed by atoms with Crippen molar-refractivity contribution in [1.29, 1.82) is 0 Å². The molecule has 7 nitrogen and oxygen atoms in total. The number of rotatable bonds is 3. The summed E-state index contributed by atoms with van der Waals surface area (Å²) < 4.78 is 5.65. The minimum atomic E-state index is -0.372. The molecule has 0 unspecified atom stereocenters. The Kier molecular flexibility index (Phi) is 5.95. The van der Waals surface area contributed by atoms with Gasteiger partial charge in [-0.3, -0.25) is 10.1 Å². The highest BCUT2D eigenvalue weighted by Crippen LogP contribution is 2.27. The van der Waals surface area contributed by atoms with Crippen LogP contribution in [-0.4, -0.2) is 47.1 Å². The lowest BCUT2D eigenvalue weighted by Crippen LogP contribution is -2.51. The van der Waals surface area contributed by atoms with Crippen molar-refractivity contribution in [3.8, 4) is 0 Å². The van der Waals surface area contributed by atoms with E-state index >= 15 is 0 Å². The number of thiazole rings is 1. The fourth-order valence-corrected chi connectivity index (χ4v) is 4.42. The maximum absolute atomic E-state index is 12.8. The van der Waals surface area contributed by atoms with E-state index in [1.54, 1.807) is 11.8 Å². The molecule has 0 spiro atoms. The first-order valence-corrected chi connectivity index (χ1v) is 10.4. The molecule has 0 bridgehead atoms. The summed E-state index contributed by atoms with van der Waals surface area (Å²) in [4.78, 5) is 32.0. The number of urea groups is 1. The van der Waals surface area contributed by atoms with Crippen LogP contribution in [0.2, 0.25) is 0 Å². The summed E-state index contributed by atoms with van der Waals surface area (Å²) in [5.41, 5.74) is 4.22. The maximum atomic E-state index is 12.8. The Morgan fingerprint density at radius 3 is 2.41 bits per heavy atom. The van der Waals surface area contributed by atoms with Gasteiger partial charge in [0.1, 0.15) is 4.88 Å². The van der Waals surface area contributed by atoms with E-state index in [2.05, 4.69) is 15.6 Å². The molecule has 0 saturated carbocycles. The zero-order valence-electron chi connectivity index (χ0n) is 17.8. The quantitative estimate of drug-likeness (QED) is 0.783. The van der Waals surface area contributed by atoms with E-state index in [0.717, 1.165) is 22.4 Å². The Morgan fingerprint density at radius 1 is 1.14 bits per heavy atom. The SMILES string of the molecule is Cc1cc(C)c(NC(=O)c2sc(NC(=O)N3CCOC(C)(C)C3)nc2C)c(C)c1. The summed E-state index contributed by atoms with van der Waals surface area (Å²) in [5, 5.41) is 6.23. The number of carbonyl (C=O) groups excluding carboxylic acids is 2. The van der Waals surface area contributed by atoms with Crippen LogP contribution in [0.1, 0.15) is 45.9 Å². The number of ether oxygens (including phenoxy) is 1. The first-order valence-electron chi connectivity index (χ1n) is 9.62. The van der Waals surface area contributed by atoms with Crippen molar-refractivity contribution in [1.82, 2.24) is 9.88 Å². The summed E-state index contributed by atoms with van der Waals surface area (Å²) in [6.45, 7) is 13.2. The minimum absolute atomic E-state index is 0.219. The minimum Gasteiger partial charge on any atom is -0.372 e. The number of aryl methyl sites for hydroxylation is 4. The van der Waals surface area contributed by atoms with Gasteiger partial charge in [-0.25, -0.2) is 9.78 Å². The van der Waals surface area contributed by atoms with Crippen LogP contribution < -0.4 is 10.6 Å². The number of hydrogen-bond acceptors (Lipinski definition) is 5. The molecule has 1 fully saturated rings. The Bertz CT molecular complexity index is 928. The molecule has 0 aliphatic carbocycles. The molecule has 0 radical (unpaired) electrons. The predicted octanol–water partition coefficient (Wildman–Crippen LogP) is 4.27. The van der Waals surface area contributed by atoms with Gasteiger partial charge in [0.15, 0.2) is 5.13 Å². The third kappa shape index (κ3) is 4.94. The van der Waals surface area contributed by atoms with Gasteiger partial charge in [0.25, 0.3) is 5.91 Å². The number of morpholine rings is 1. The van der Waals surface area contributed by atoms with Crippen LogP contribution in [-0.2, 0) is 4.74 Å². The van der Waals surface area contributed by atoms with E-state index in [9.17, 15) is 9.59 Å². The highest BCUT2D eigenvalue weighted by atomic mass is 32.1. The molecule has 1 aromatic carbocycles. The molecule has 1 aliphatic rings. The van der Waals surface area contributed by atoms with Crippen molar-refractivity contribution in [3.63, 3.8) is 0 Å². The first-order chi connectivity index (χ1) is 13.6. The van der Waals surface area contributed by atoms with Gasteiger partial charge in [0.2, 0.25) is 0 Å². The second kappa shape index (κ2) is 8.12. The summed E-state index contributed by atoms with van der Waals surface area (Å²) >= 11 is 1.18. The topological polar surface area (TPSA) is 83.6 Å². The van der Waals surface area contributed by atoms with E-state index in [0.29, 0.717) is 35.4 Å². The lowest BCUT2D eigenvalue weighted by Gasteiger charge is -2.37. The smallest absolute Gasteiger partial charge is 0.323 e. The Hall–Kier alpha value is -2.45. The average molecular weight is 417 g/mol. The standard InChI is InChI=1S/C21H28N4O3S/c1-12-9-13(2)16(14(3)10-12)23-18(26)17-15(4)22-19(29-17)24-20(27)25-7-8-28-21(5,6)11-25/h9-10H,7-8,11H2,1-6H3,(H,23,26)(H,22,24,27). The van der Waals surface area contributed by atoms with Crippen molar-refractivity contribution < 1.29 is 14.3 Å². The number of carbonyl (C=O) groups is 2. The van der Waals surface area contributed by atoms with Crippen molar-refractivity contribution in [3.05, 3.63) is 39.4 Å². The van der Waals surface area contributed by atoms with E-state index < -0.39 is 0 Å². The first kappa shape index (κ1) is 21.3. The van der Waals surface area contributed by atoms with Gasteiger partial charge in [0, 0.05) is 12.2 Å². The van der Waals surface area contributed by atoms with Crippen LogP contribution >= 0.6 is 11.3 Å². The third-order valence-electron chi connectivity index (χ3n) is 4.85. The molecule has 1 aliphatic heterocycles. The Balaban J connectivity index is 1.71. The number of nitrogens with zero attached hydrogens (tertiary/aromatic N) is 2. The molecular weight excluding hydrogens is 388 g/mol. The molecule has 3 amide bonds. The molecule has 29 heavy (non-hydrogen) atoms. The second-order valence-corrected chi connectivity index (χ2v) is 9.12. The molecule has 0 atom stereocenters. The van der Waals surface area contributed by atoms with Crippen molar-refractivity contribution in [2.75, 3.05) is 30.3 Å². The Labute approximate surface area is 175 Å². The zero-order valence-corrected chi connectivity index (χ0v) is 18.6. The van der Waals surface area contributed by atoms with Crippen LogP contribution in [0.4, 0.5) is 15.6 Å². The van der Waals surface area contributed by atoms with Gasteiger partial charge in [0.05, 0.1) is 24.4 Å². The predicted molar refractivity (Wildman–Crippen MR) is 116 cm³/mol. The molecule has 8 heteroatoms. The second-order valence-electron chi connectivity index (χ2n) is 8.12. The maximum Gasteiger partial charge on any atom is 0.323 e. The monoisotopic (exact) mass is 416 g/mol. The summed E-state index contributed by atoms with van der Waals surface area (Å²) in [5.74, 6) is -0.219. The van der Waals surface area contributed by atoms with E-state index in [4.69, 9.17) is 4.74 Å². The summed E-state index contributed by atoms with van der Waals surface area (Å²) in [6.07, 6.45) is 0. The van der Waals surface area contributed by atoms with Gasteiger partial charge in [-0.2, -0.15) is 0 Å². The highest BCUT2D eigenvalue weighted by Gasteiger charge is 2.30. The average Bonchev–Trinajstić information content (AvgIpc) is 2.97. The number of anilines is 2. The van der Waals surface area contributed by atoms with E-state index in [1.807, 2.05) is 46.8 Å². The highest BCUT2D eigenvalue weighted by molar-refractivity contribution is 7.17. The van der Waals surface area contributed by atoms with Crippen molar-refractivity contribution in [2.45, 2.75) is 47.1 Å². The fraction of sp³-hybridized carbons (Fsp3) is 0.476. The molecule has 2 aromatic rings. The normalized spacial score (nSPS) is 15.9. The summed E-state index contributed by atoms with van der Waals surface area (Å²) in [6, 6.07) is 3.85. The lowest BCUT2D eigenvalue weighted by atomic mass is 10.1. The van der Waals surface area contributed by atoms with Crippen molar-refractivity contribution >= 4 is 34.1 Å².